The molecule has 0 aliphatic rings. The van der Waals surface area contributed by atoms with Crippen LogP contribution in [0.5, 0.6) is 5.75 Å². The van der Waals surface area contributed by atoms with Gasteiger partial charge in [-0.3, -0.25) is 10.1 Å². The number of ether oxygens (including phenoxy) is 1. The Hall–Kier alpha value is -3.88. The first-order valence-electron chi connectivity index (χ1n) is 8.91. The van der Waals surface area contributed by atoms with E-state index in [1.165, 1.54) is 49.6 Å². The first-order chi connectivity index (χ1) is 14.7. The molecule has 9 heteroatoms. The normalized spacial score (nSPS) is 11.0. The highest BCUT2D eigenvalue weighted by Crippen LogP contribution is 2.35. The molecule has 0 saturated heterocycles. The number of amides is 3. The van der Waals surface area contributed by atoms with E-state index in [-0.39, 0.29) is 17.0 Å². The summed E-state index contributed by atoms with van der Waals surface area (Å²) in [6.07, 6.45) is -4.44. The predicted molar refractivity (Wildman–Crippen MR) is 106 cm³/mol. The number of carbonyl (C=O) groups excluding carboxylic acids is 2. The van der Waals surface area contributed by atoms with Gasteiger partial charge in [0.25, 0.3) is 5.91 Å². The second kappa shape index (κ2) is 8.86. The van der Waals surface area contributed by atoms with Crippen LogP contribution in [0.3, 0.4) is 0 Å². The van der Waals surface area contributed by atoms with E-state index < -0.39 is 29.5 Å². The highest BCUT2D eigenvalue weighted by molar-refractivity contribution is 6.08. The molecule has 5 nitrogen and oxygen atoms in total. The van der Waals surface area contributed by atoms with Crippen LogP contribution < -0.4 is 15.4 Å². The summed E-state index contributed by atoms with van der Waals surface area (Å²) in [6.45, 7) is 0. The van der Waals surface area contributed by atoms with Crippen molar-refractivity contribution in [2.24, 2.45) is 0 Å². The van der Waals surface area contributed by atoms with Gasteiger partial charge in [-0.2, -0.15) is 13.2 Å². The topological polar surface area (TPSA) is 67.4 Å². The number of alkyl halides is 3. The van der Waals surface area contributed by atoms with Crippen molar-refractivity contribution in [1.82, 2.24) is 5.32 Å². The molecule has 0 aliphatic heterocycles. The van der Waals surface area contributed by atoms with E-state index in [1.54, 1.807) is 6.07 Å². The number of imide groups is 1. The van der Waals surface area contributed by atoms with Crippen molar-refractivity contribution >= 4 is 17.6 Å². The van der Waals surface area contributed by atoms with Crippen molar-refractivity contribution in [3.63, 3.8) is 0 Å². The number of urea groups is 1. The van der Waals surface area contributed by atoms with Gasteiger partial charge in [-0.25, -0.2) is 9.18 Å². The maximum Gasteiger partial charge on any atom is 0.416 e. The molecule has 3 amide bonds. The number of benzene rings is 3. The lowest BCUT2D eigenvalue weighted by Gasteiger charge is -2.13. The molecule has 0 bridgehead atoms. The van der Waals surface area contributed by atoms with Gasteiger partial charge < -0.3 is 10.1 Å². The standard InChI is InChI=1S/C22H16F4N2O3/c1-31-19-12-15(27-21(30)28-20(29)17-4-2-3-5-18(17)23)10-11-16(19)13-6-8-14(9-7-13)22(24,25)26/h2-12H,1H3,(H2,27,28,29,30). The molecule has 0 fully saturated rings. The van der Waals surface area contributed by atoms with Crippen LogP contribution in [0.1, 0.15) is 15.9 Å². The SMILES string of the molecule is COc1cc(NC(=O)NC(=O)c2ccccc2F)ccc1-c1ccc(C(F)(F)F)cc1. The lowest BCUT2D eigenvalue weighted by molar-refractivity contribution is -0.137. The molecule has 0 aromatic heterocycles. The molecule has 31 heavy (non-hydrogen) atoms. The van der Waals surface area contributed by atoms with Crippen molar-refractivity contribution < 1.29 is 31.9 Å². The number of methoxy groups -OCH3 is 1. The van der Waals surface area contributed by atoms with E-state index in [0.717, 1.165) is 18.2 Å². The molecule has 0 unspecified atom stereocenters. The van der Waals surface area contributed by atoms with Crippen LogP contribution in [0.25, 0.3) is 11.1 Å². The van der Waals surface area contributed by atoms with Crippen LogP contribution in [0, 0.1) is 5.82 Å². The molecule has 0 atom stereocenters. The molecule has 0 radical (unpaired) electrons. The fourth-order valence-corrected chi connectivity index (χ4v) is 2.82. The number of carbonyl (C=O) groups is 2. The van der Waals surface area contributed by atoms with E-state index in [1.807, 2.05) is 5.32 Å². The summed E-state index contributed by atoms with van der Waals surface area (Å²) in [5.74, 6) is -1.39. The summed E-state index contributed by atoms with van der Waals surface area (Å²) in [5, 5.41) is 4.44. The molecule has 3 aromatic rings. The zero-order chi connectivity index (χ0) is 22.6. The van der Waals surface area contributed by atoms with Crippen LogP contribution in [0.2, 0.25) is 0 Å². The highest BCUT2D eigenvalue weighted by Gasteiger charge is 2.30. The fraction of sp³-hybridized carbons (Fsp3) is 0.0909. The third-order valence-corrected chi connectivity index (χ3v) is 4.33. The minimum atomic E-state index is -4.44. The van der Waals surface area contributed by atoms with E-state index in [9.17, 15) is 27.2 Å². The Morgan fingerprint density at radius 3 is 2.23 bits per heavy atom. The highest BCUT2D eigenvalue weighted by atomic mass is 19.4. The van der Waals surface area contributed by atoms with Gasteiger partial charge in [-0.05, 0) is 42.0 Å². The van der Waals surface area contributed by atoms with E-state index >= 15 is 0 Å². The number of rotatable bonds is 4. The van der Waals surface area contributed by atoms with Gasteiger partial charge in [-0.15, -0.1) is 0 Å². The Balaban J connectivity index is 1.74. The van der Waals surface area contributed by atoms with Gasteiger partial charge in [-0.1, -0.05) is 24.3 Å². The van der Waals surface area contributed by atoms with E-state index in [0.29, 0.717) is 11.1 Å². The van der Waals surface area contributed by atoms with Gasteiger partial charge in [0, 0.05) is 17.3 Å². The minimum Gasteiger partial charge on any atom is -0.496 e. The first-order valence-corrected chi connectivity index (χ1v) is 8.91. The summed E-state index contributed by atoms with van der Waals surface area (Å²) in [6, 6.07) is 13.3. The summed E-state index contributed by atoms with van der Waals surface area (Å²) in [5.41, 5.74) is 0.184. The number of nitrogens with one attached hydrogen (secondary N) is 2. The largest absolute Gasteiger partial charge is 0.496 e. The van der Waals surface area contributed by atoms with Crippen molar-refractivity contribution in [3.05, 3.63) is 83.7 Å². The Morgan fingerprint density at radius 2 is 1.61 bits per heavy atom. The fourth-order valence-electron chi connectivity index (χ4n) is 2.82. The molecule has 0 aliphatic carbocycles. The zero-order valence-electron chi connectivity index (χ0n) is 16.1. The molecular weight excluding hydrogens is 416 g/mol. The van der Waals surface area contributed by atoms with Crippen molar-refractivity contribution in [2.75, 3.05) is 12.4 Å². The Kier molecular flexibility index (Phi) is 6.24. The van der Waals surface area contributed by atoms with Crippen LogP contribution in [-0.2, 0) is 6.18 Å². The summed E-state index contributed by atoms with van der Waals surface area (Å²) >= 11 is 0. The van der Waals surface area contributed by atoms with Crippen molar-refractivity contribution in [1.29, 1.82) is 0 Å². The molecular formula is C22H16F4N2O3. The minimum absolute atomic E-state index is 0.256. The number of halogens is 4. The monoisotopic (exact) mass is 432 g/mol. The molecule has 0 heterocycles. The lowest BCUT2D eigenvalue weighted by atomic mass is 10.0. The number of hydrogen-bond donors (Lipinski definition) is 2. The average molecular weight is 432 g/mol. The second-order valence-electron chi connectivity index (χ2n) is 6.38. The summed E-state index contributed by atoms with van der Waals surface area (Å²) in [4.78, 5) is 24.1. The van der Waals surface area contributed by atoms with Crippen molar-refractivity contribution in [2.45, 2.75) is 6.18 Å². The summed E-state index contributed by atoms with van der Waals surface area (Å²) < 4.78 is 57.2. The molecule has 160 valence electrons. The van der Waals surface area contributed by atoms with Gasteiger partial charge in [0.15, 0.2) is 0 Å². The maximum absolute atomic E-state index is 13.6. The van der Waals surface area contributed by atoms with E-state index in [2.05, 4.69) is 5.32 Å². The van der Waals surface area contributed by atoms with Gasteiger partial charge in [0.05, 0.1) is 18.2 Å². The van der Waals surface area contributed by atoms with Crippen LogP contribution in [0.15, 0.2) is 66.7 Å². The van der Waals surface area contributed by atoms with Crippen molar-refractivity contribution in [3.8, 4) is 16.9 Å². The quantitative estimate of drug-likeness (QED) is 0.537. The third kappa shape index (κ3) is 5.19. The number of hydrogen-bond acceptors (Lipinski definition) is 3. The lowest BCUT2D eigenvalue weighted by Crippen LogP contribution is -2.34. The van der Waals surface area contributed by atoms with Gasteiger partial charge in [0.1, 0.15) is 11.6 Å². The predicted octanol–water partition coefficient (Wildman–Crippen LogP) is 5.48. The Labute approximate surface area is 174 Å². The van der Waals surface area contributed by atoms with E-state index in [4.69, 9.17) is 4.74 Å². The molecule has 3 aromatic carbocycles. The molecule has 3 rings (SSSR count). The van der Waals surface area contributed by atoms with Crippen LogP contribution in [-0.4, -0.2) is 19.0 Å². The van der Waals surface area contributed by atoms with Gasteiger partial charge in [0.2, 0.25) is 0 Å². The van der Waals surface area contributed by atoms with Gasteiger partial charge >= 0.3 is 12.2 Å². The van der Waals surface area contributed by atoms with Crippen LogP contribution >= 0.6 is 0 Å². The molecule has 0 saturated carbocycles. The number of anilines is 1. The Bertz CT molecular complexity index is 1110. The first kappa shape index (κ1) is 21.8. The second-order valence-corrected chi connectivity index (χ2v) is 6.38. The zero-order valence-corrected chi connectivity index (χ0v) is 16.1. The third-order valence-electron chi connectivity index (χ3n) is 4.33. The Morgan fingerprint density at radius 1 is 0.935 bits per heavy atom. The maximum atomic E-state index is 13.6. The molecule has 0 spiro atoms. The molecule has 2 N–H and O–H groups in total. The average Bonchev–Trinajstić information content (AvgIpc) is 2.73. The smallest absolute Gasteiger partial charge is 0.416 e. The van der Waals surface area contributed by atoms with Crippen LogP contribution in [0.4, 0.5) is 28.0 Å². The summed E-state index contributed by atoms with van der Waals surface area (Å²) in [7, 11) is 1.37.